The lowest BCUT2D eigenvalue weighted by atomic mass is 9.80. The molecule has 2 fully saturated rings. The van der Waals surface area contributed by atoms with Gasteiger partial charge in [-0.15, -0.1) is 0 Å². The van der Waals surface area contributed by atoms with Crippen molar-refractivity contribution in [2.24, 2.45) is 11.7 Å². The van der Waals surface area contributed by atoms with Crippen LogP contribution in [0.4, 0.5) is 17.6 Å². The number of carbonyl (C=O) groups is 1. The normalized spacial score (nSPS) is 19.0. The lowest BCUT2D eigenvalue weighted by molar-refractivity contribution is -0.140. The fourth-order valence-electron chi connectivity index (χ4n) is 6.33. The van der Waals surface area contributed by atoms with Crippen LogP contribution < -0.4 is 5.73 Å². The highest BCUT2D eigenvalue weighted by atomic mass is 19.4. The van der Waals surface area contributed by atoms with E-state index in [4.69, 9.17) is 10.7 Å². The molecule has 2 aromatic carbocycles. The smallest absolute Gasteiger partial charge is 0.368 e. The van der Waals surface area contributed by atoms with Crippen LogP contribution in [0.2, 0.25) is 0 Å². The largest absolute Gasteiger partial charge is 0.419 e. The van der Waals surface area contributed by atoms with Gasteiger partial charge >= 0.3 is 6.18 Å². The SMILES string of the molecule is NC(=O)C(C1CCCCC1)n1c(-c2ccc(C(F)(F)F)c(F)c2C2CCCCC2)nc2ccccc21. The van der Waals surface area contributed by atoms with Gasteiger partial charge in [0, 0.05) is 11.1 Å². The van der Waals surface area contributed by atoms with E-state index in [1.807, 2.05) is 18.2 Å². The fourth-order valence-corrected chi connectivity index (χ4v) is 6.33. The van der Waals surface area contributed by atoms with Gasteiger partial charge in [-0.2, -0.15) is 13.2 Å². The minimum atomic E-state index is -4.80. The van der Waals surface area contributed by atoms with Crippen molar-refractivity contribution in [3.63, 3.8) is 0 Å². The van der Waals surface area contributed by atoms with Gasteiger partial charge in [-0.25, -0.2) is 9.37 Å². The number of benzene rings is 2. The van der Waals surface area contributed by atoms with Gasteiger partial charge in [0.1, 0.15) is 17.7 Å². The zero-order valence-corrected chi connectivity index (χ0v) is 20.2. The Balaban J connectivity index is 1.77. The van der Waals surface area contributed by atoms with Crippen molar-refractivity contribution in [2.45, 2.75) is 82.3 Å². The van der Waals surface area contributed by atoms with Crippen LogP contribution in [0.5, 0.6) is 0 Å². The number of nitrogens with two attached hydrogens (primary N) is 1. The molecule has 1 amide bonds. The summed E-state index contributed by atoms with van der Waals surface area (Å²) in [6.07, 6.45) is 3.81. The van der Waals surface area contributed by atoms with Crippen molar-refractivity contribution in [1.82, 2.24) is 9.55 Å². The molecule has 2 saturated carbocycles. The van der Waals surface area contributed by atoms with Gasteiger partial charge in [0.05, 0.1) is 16.6 Å². The topological polar surface area (TPSA) is 60.9 Å². The Morgan fingerprint density at radius 3 is 2.22 bits per heavy atom. The van der Waals surface area contributed by atoms with E-state index in [2.05, 4.69) is 0 Å². The third-order valence-corrected chi connectivity index (χ3v) is 8.00. The maximum Gasteiger partial charge on any atom is 0.419 e. The van der Waals surface area contributed by atoms with Gasteiger partial charge in [-0.3, -0.25) is 4.79 Å². The van der Waals surface area contributed by atoms with E-state index in [1.165, 1.54) is 6.07 Å². The van der Waals surface area contributed by atoms with E-state index in [9.17, 15) is 18.0 Å². The Hall–Kier alpha value is -2.90. The molecule has 0 spiro atoms. The summed E-state index contributed by atoms with van der Waals surface area (Å²) in [5.41, 5.74) is 6.39. The Labute approximate surface area is 207 Å². The third-order valence-electron chi connectivity index (χ3n) is 8.00. The summed E-state index contributed by atoms with van der Waals surface area (Å²) in [5, 5.41) is 0. The van der Waals surface area contributed by atoms with Crippen LogP contribution in [0.1, 0.15) is 87.3 Å². The molecule has 36 heavy (non-hydrogen) atoms. The van der Waals surface area contributed by atoms with Crippen LogP contribution in [0, 0.1) is 11.7 Å². The molecular formula is C28H31F4N3O. The second-order valence-electron chi connectivity index (χ2n) is 10.3. The summed E-state index contributed by atoms with van der Waals surface area (Å²) >= 11 is 0. The summed E-state index contributed by atoms with van der Waals surface area (Å²) in [6.45, 7) is 0. The highest BCUT2D eigenvalue weighted by molar-refractivity contribution is 5.87. The molecule has 4 nitrogen and oxygen atoms in total. The number of amides is 1. The molecule has 2 N–H and O–H groups in total. The second-order valence-corrected chi connectivity index (χ2v) is 10.3. The van der Waals surface area contributed by atoms with Gasteiger partial charge in [0.2, 0.25) is 5.91 Å². The van der Waals surface area contributed by atoms with Gasteiger partial charge in [-0.05, 0) is 55.7 Å². The minimum Gasteiger partial charge on any atom is -0.368 e. The number of rotatable bonds is 5. The summed E-state index contributed by atoms with van der Waals surface area (Å²) < 4.78 is 58.7. The Bertz CT molecular complexity index is 1250. The molecule has 1 atom stereocenters. The van der Waals surface area contributed by atoms with Crippen LogP contribution in [0.15, 0.2) is 36.4 Å². The van der Waals surface area contributed by atoms with Crippen molar-refractivity contribution < 1.29 is 22.4 Å². The van der Waals surface area contributed by atoms with Crippen LogP contribution in [-0.4, -0.2) is 15.5 Å². The third kappa shape index (κ3) is 4.50. The molecule has 3 aromatic rings. The fraction of sp³-hybridized carbons (Fsp3) is 0.500. The summed E-state index contributed by atoms with van der Waals surface area (Å²) in [5.74, 6) is -1.76. The highest BCUT2D eigenvalue weighted by Gasteiger charge is 2.39. The summed E-state index contributed by atoms with van der Waals surface area (Å²) in [4.78, 5) is 17.7. The molecule has 0 aliphatic heterocycles. The van der Waals surface area contributed by atoms with E-state index >= 15 is 4.39 Å². The number of imidazole rings is 1. The molecule has 2 aliphatic rings. The number of hydrogen-bond donors (Lipinski definition) is 1. The molecule has 5 rings (SSSR count). The van der Waals surface area contributed by atoms with Gasteiger partial charge in [0.15, 0.2) is 0 Å². The Kier molecular flexibility index (Phi) is 6.79. The standard InChI is InChI=1S/C28H31F4N3O/c29-24-20(28(30,31)32)16-15-19(23(24)17-9-3-1-4-10-17)27-34-21-13-7-8-14-22(21)35(27)25(26(33)36)18-11-5-2-6-12-18/h7-8,13-18,25H,1-6,9-12H2,(H2,33,36). The molecule has 1 unspecified atom stereocenters. The number of fused-ring (bicyclic) bond motifs is 1. The quantitative estimate of drug-likeness (QED) is 0.368. The predicted molar refractivity (Wildman–Crippen MR) is 131 cm³/mol. The van der Waals surface area contributed by atoms with Crippen LogP contribution in [0.3, 0.4) is 0 Å². The first kappa shape index (κ1) is 24.8. The van der Waals surface area contributed by atoms with Crippen LogP contribution in [-0.2, 0) is 11.0 Å². The van der Waals surface area contributed by atoms with Gasteiger partial charge in [0.25, 0.3) is 0 Å². The zero-order valence-electron chi connectivity index (χ0n) is 20.2. The average molecular weight is 502 g/mol. The molecule has 0 saturated heterocycles. The lowest BCUT2D eigenvalue weighted by Gasteiger charge is -2.31. The molecule has 1 aromatic heterocycles. The van der Waals surface area contributed by atoms with E-state index in [0.717, 1.165) is 57.4 Å². The zero-order chi connectivity index (χ0) is 25.4. The first-order chi connectivity index (χ1) is 17.3. The molecule has 8 heteroatoms. The van der Waals surface area contributed by atoms with Gasteiger partial charge in [-0.1, -0.05) is 56.7 Å². The van der Waals surface area contributed by atoms with Crippen LogP contribution >= 0.6 is 0 Å². The number of alkyl halides is 3. The monoisotopic (exact) mass is 501 g/mol. The maximum atomic E-state index is 15.8. The van der Waals surface area contributed by atoms with E-state index in [1.54, 1.807) is 10.6 Å². The molecule has 192 valence electrons. The average Bonchev–Trinajstić information content (AvgIpc) is 3.23. The first-order valence-electron chi connectivity index (χ1n) is 12.9. The van der Waals surface area contributed by atoms with Crippen molar-refractivity contribution >= 4 is 16.9 Å². The highest BCUT2D eigenvalue weighted by Crippen LogP contribution is 2.45. The number of nitrogens with zero attached hydrogens (tertiary/aromatic N) is 2. The first-order valence-corrected chi connectivity index (χ1v) is 12.9. The predicted octanol–water partition coefficient (Wildman–Crippen LogP) is 7.52. The molecule has 0 radical (unpaired) electrons. The molecule has 1 heterocycles. The number of hydrogen-bond acceptors (Lipinski definition) is 2. The number of aromatic nitrogens is 2. The molecule has 2 aliphatic carbocycles. The number of para-hydroxylation sites is 2. The Morgan fingerprint density at radius 2 is 1.58 bits per heavy atom. The maximum absolute atomic E-state index is 15.8. The summed E-state index contributed by atoms with van der Waals surface area (Å²) in [7, 11) is 0. The minimum absolute atomic E-state index is 0.00923. The lowest BCUT2D eigenvalue weighted by Crippen LogP contribution is -2.34. The number of halogens is 4. The molecule has 0 bridgehead atoms. The summed E-state index contributed by atoms with van der Waals surface area (Å²) in [6, 6.07) is 8.72. The van der Waals surface area contributed by atoms with Gasteiger partial charge < -0.3 is 10.3 Å². The number of primary amides is 1. The van der Waals surface area contributed by atoms with Crippen molar-refractivity contribution in [1.29, 1.82) is 0 Å². The van der Waals surface area contributed by atoms with E-state index < -0.39 is 29.5 Å². The van der Waals surface area contributed by atoms with E-state index in [-0.39, 0.29) is 17.4 Å². The second kappa shape index (κ2) is 9.87. The number of carbonyl (C=O) groups excluding carboxylic acids is 1. The Morgan fingerprint density at radius 1 is 0.944 bits per heavy atom. The van der Waals surface area contributed by atoms with Crippen LogP contribution in [0.25, 0.3) is 22.4 Å². The van der Waals surface area contributed by atoms with E-state index in [0.29, 0.717) is 35.3 Å². The van der Waals surface area contributed by atoms with Crippen molar-refractivity contribution in [2.75, 3.05) is 0 Å². The molecular weight excluding hydrogens is 470 g/mol. The van der Waals surface area contributed by atoms with Crippen molar-refractivity contribution in [3.8, 4) is 11.4 Å². The van der Waals surface area contributed by atoms with Crippen molar-refractivity contribution in [3.05, 3.63) is 53.3 Å².